The molecule has 4 nitrogen and oxygen atoms in total. The molecule has 1 aliphatic heterocycles. The Morgan fingerprint density at radius 3 is 3.14 bits per heavy atom. The van der Waals surface area contributed by atoms with Gasteiger partial charge in [0.05, 0.1) is 13.1 Å². The first-order chi connectivity index (χ1) is 6.72. The lowest BCUT2D eigenvalue weighted by atomic mass is 10.1. The van der Waals surface area contributed by atoms with Crippen LogP contribution in [0.15, 0.2) is 0 Å². The van der Waals surface area contributed by atoms with Crippen molar-refractivity contribution >= 4 is 5.91 Å². The van der Waals surface area contributed by atoms with Crippen LogP contribution in [0.4, 0.5) is 0 Å². The zero-order chi connectivity index (χ0) is 10.4. The highest BCUT2D eigenvalue weighted by Gasteiger charge is 2.18. The lowest BCUT2D eigenvalue weighted by Crippen LogP contribution is -2.46. The summed E-state index contributed by atoms with van der Waals surface area (Å²) >= 11 is 0. The molecule has 0 radical (unpaired) electrons. The third-order valence-electron chi connectivity index (χ3n) is 2.30. The summed E-state index contributed by atoms with van der Waals surface area (Å²) in [6.07, 6.45) is 7.16. The molecule has 14 heavy (non-hydrogen) atoms. The van der Waals surface area contributed by atoms with Crippen molar-refractivity contribution in [3.63, 3.8) is 0 Å². The largest absolute Gasteiger partial charge is 0.344 e. The van der Waals surface area contributed by atoms with Gasteiger partial charge in [-0.1, -0.05) is 5.92 Å². The van der Waals surface area contributed by atoms with Gasteiger partial charge in [-0.25, -0.2) is 0 Å². The Balaban J connectivity index is 2.22. The van der Waals surface area contributed by atoms with E-state index in [0.717, 1.165) is 25.9 Å². The fraction of sp³-hybridized carbons (Fsp3) is 0.700. The van der Waals surface area contributed by atoms with Gasteiger partial charge in [-0.15, -0.1) is 6.42 Å². The maximum absolute atomic E-state index is 11.3. The summed E-state index contributed by atoms with van der Waals surface area (Å²) in [7, 11) is 0. The zero-order valence-corrected chi connectivity index (χ0v) is 8.33. The monoisotopic (exact) mass is 195 g/mol. The van der Waals surface area contributed by atoms with E-state index in [1.165, 1.54) is 0 Å². The van der Waals surface area contributed by atoms with Crippen LogP contribution in [0.2, 0.25) is 0 Å². The van der Waals surface area contributed by atoms with Crippen molar-refractivity contribution in [2.24, 2.45) is 5.73 Å². The first-order valence-electron chi connectivity index (χ1n) is 4.90. The first-order valence-corrected chi connectivity index (χ1v) is 4.90. The summed E-state index contributed by atoms with van der Waals surface area (Å²) in [6.45, 7) is 2.48. The molecule has 78 valence electrons. The van der Waals surface area contributed by atoms with Crippen LogP contribution in [0.3, 0.4) is 0 Å². The number of nitrogens with zero attached hydrogens (tertiary/aromatic N) is 1. The minimum Gasteiger partial charge on any atom is -0.344 e. The normalized spacial score (nSPS) is 22.7. The molecular formula is C10H17N3O. The van der Waals surface area contributed by atoms with E-state index < -0.39 is 0 Å². The fourth-order valence-corrected chi connectivity index (χ4v) is 1.64. The number of likely N-dealkylation sites (tertiary alicyclic amines) is 1. The molecule has 0 spiro atoms. The predicted molar refractivity (Wildman–Crippen MR) is 55.5 cm³/mol. The van der Waals surface area contributed by atoms with Crippen molar-refractivity contribution in [1.29, 1.82) is 0 Å². The van der Waals surface area contributed by atoms with Crippen molar-refractivity contribution < 1.29 is 4.79 Å². The number of hydrogen-bond acceptors (Lipinski definition) is 3. The number of carbonyl (C=O) groups is 1. The number of carbonyl (C=O) groups excluding carboxylic acids is 1. The standard InChI is InChI=1S/C10H17N3O/c1-2-5-12-10(14)8-13-6-3-4-9(11)7-13/h1,9H,3-8,11H2,(H,12,14)/t9-/m1/s1. The van der Waals surface area contributed by atoms with Crippen molar-refractivity contribution in [2.45, 2.75) is 18.9 Å². The van der Waals surface area contributed by atoms with Crippen molar-refractivity contribution in [2.75, 3.05) is 26.2 Å². The summed E-state index contributed by atoms with van der Waals surface area (Å²) < 4.78 is 0. The molecule has 3 N–H and O–H groups in total. The third-order valence-corrected chi connectivity index (χ3v) is 2.30. The van der Waals surface area contributed by atoms with Gasteiger partial charge in [-0.3, -0.25) is 9.69 Å². The van der Waals surface area contributed by atoms with Crippen LogP contribution < -0.4 is 11.1 Å². The van der Waals surface area contributed by atoms with Crippen molar-refractivity contribution in [3.05, 3.63) is 0 Å². The zero-order valence-electron chi connectivity index (χ0n) is 8.33. The molecule has 1 fully saturated rings. The second kappa shape index (κ2) is 5.63. The molecule has 1 rings (SSSR count). The molecule has 1 saturated heterocycles. The van der Waals surface area contributed by atoms with Crippen LogP contribution in [-0.2, 0) is 4.79 Å². The van der Waals surface area contributed by atoms with Crippen LogP contribution >= 0.6 is 0 Å². The van der Waals surface area contributed by atoms with Crippen LogP contribution in [0.25, 0.3) is 0 Å². The lowest BCUT2D eigenvalue weighted by molar-refractivity contribution is -0.122. The summed E-state index contributed by atoms with van der Waals surface area (Å²) in [5, 5.41) is 2.64. The average Bonchev–Trinajstić information content (AvgIpc) is 2.15. The highest BCUT2D eigenvalue weighted by atomic mass is 16.2. The molecular weight excluding hydrogens is 178 g/mol. The van der Waals surface area contributed by atoms with E-state index in [9.17, 15) is 4.79 Å². The van der Waals surface area contributed by atoms with E-state index in [1.54, 1.807) is 0 Å². The Bertz CT molecular complexity index is 234. The Hall–Kier alpha value is -1.05. The van der Waals surface area contributed by atoms with Gasteiger partial charge in [-0.2, -0.15) is 0 Å². The van der Waals surface area contributed by atoms with Gasteiger partial charge in [0.25, 0.3) is 0 Å². The summed E-state index contributed by atoms with van der Waals surface area (Å²) in [6, 6.07) is 0.212. The number of nitrogens with two attached hydrogens (primary N) is 1. The van der Waals surface area contributed by atoms with Gasteiger partial charge in [0.1, 0.15) is 0 Å². The predicted octanol–water partition coefficient (Wildman–Crippen LogP) is -0.841. The molecule has 0 bridgehead atoms. The molecule has 1 amide bonds. The maximum atomic E-state index is 11.3. The smallest absolute Gasteiger partial charge is 0.234 e. The Labute approximate surface area is 84.8 Å². The van der Waals surface area contributed by atoms with E-state index in [0.29, 0.717) is 13.1 Å². The van der Waals surface area contributed by atoms with Gasteiger partial charge >= 0.3 is 0 Å². The molecule has 4 heteroatoms. The molecule has 0 aromatic rings. The number of nitrogens with one attached hydrogen (secondary N) is 1. The fourth-order valence-electron chi connectivity index (χ4n) is 1.64. The number of rotatable bonds is 3. The summed E-state index contributed by atoms with van der Waals surface area (Å²) in [5.74, 6) is 2.35. The van der Waals surface area contributed by atoms with Crippen LogP contribution in [-0.4, -0.2) is 43.0 Å². The summed E-state index contributed by atoms with van der Waals surface area (Å²) in [4.78, 5) is 13.4. The number of terminal acetylenes is 1. The lowest BCUT2D eigenvalue weighted by Gasteiger charge is -2.29. The molecule has 0 unspecified atom stereocenters. The van der Waals surface area contributed by atoms with Crippen LogP contribution in [0.5, 0.6) is 0 Å². The quantitative estimate of drug-likeness (QED) is 0.577. The van der Waals surface area contributed by atoms with E-state index in [-0.39, 0.29) is 11.9 Å². The van der Waals surface area contributed by atoms with E-state index in [2.05, 4.69) is 16.1 Å². The van der Waals surface area contributed by atoms with Crippen LogP contribution in [0.1, 0.15) is 12.8 Å². The Morgan fingerprint density at radius 1 is 1.71 bits per heavy atom. The second-order valence-electron chi connectivity index (χ2n) is 3.62. The number of hydrogen-bond donors (Lipinski definition) is 2. The molecule has 1 atom stereocenters. The molecule has 0 aliphatic carbocycles. The van der Waals surface area contributed by atoms with E-state index in [1.807, 2.05) is 0 Å². The third kappa shape index (κ3) is 3.77. The molecule has 0 saturated carbocycles. The van der Waals surface area contributed by atoms with Gasteiger partial charge in [0.15, 0.2) is 0 Å². The second-order valence-corrected chi connectivity index (χ2v) is 3.62. The topological polar surface area (TPSA) is 58.4 Å². The maximum Gasteiger partial charge on any atom is 0.234 e. The molecule has 1 heterocycles. The Kier molecular flexibility index (Phi) is 4.44. The Morgan fingerprint density at radius 2 is 2.50 bits per heavy atom. The van der Waals surface area contributed by atoms with Gasteiger partial charge in [0, 0.05) is 12.6 Å². The first kappa shape index (κ1) is 11.0. The highest BCUT2D eigenvalue weighted by Crippen LogP contribution is 2.06. The van der Waals surface area contributed by atoms with E-state index in [4.69, 9.17) is 12.2 Å². The number of piperidine rings is 1. The minimum atomic E-state index is -0.0166. The molecule has 0 aromatic carbocycles. The van der Waals surface area contributed by atoms with Crippen LogP contribution in [0, 0.1) is 12.3 Å². The SMILES string of the molecule is C#CCNC(=O)CN1CCC[C@@H](N)C1. The number of amides is 1. The highest BCUT2D eigenvalue weighted by molar-refractivity contribution is 5.78. The van der Waals surface area contributed by atoms with Gasteiger partial charge in [0.2, 0.25) is 5.91 Å². The minimum absolute atomic E-state index is 0.0166. The van der Waals surface area contributed by atoms with Gasteiger partial charge < -0.3 is 11.1 Å². The van der Waals surface area contributed by atoms with E-state index >= 15 is 0 Å². The molecule has 1 aliphatic rings. The average molecular weight is 195 g/mol. The van der Waals surface area contributed by atoms with Crippen molar-refractivity contribution in [1.82, 2.24) is 10.2 Å². The molecule has 0 aromatic heterocycles. The van der Waals surface area contributed by atoms with Gasteiger partial charge in [-0.05, 0) is 19.4 Å². The summed E-state index contributed by atoms with van der Waals surface area (Å²) in [5.41, 5.74) is 5.80. The van der Waals surface area contributed by atoms with Crippen molar-refractivity contribution in [3.8, 4) is 12.3 Å².